The summed E-state index contributed by atoms with van der Waals surface area (Å²) in [7, 11) is 0. The van der Waals surface area contributed by atoms with Gasteiger partial charge in [0.15, 0.2) is 5.58 Å². The van der Waals surface area contributed by atoms with Crippen LogP contribution in [0.5, 0.6) is 0 Å². The predicted octanol–water partition coefficient (Wildman–Crippen LogP) is 8.01. The van der Waals surface area contributed by atoms with Gasteiger partial charge in [0, 0.05) is 18.8 Å². The Hall–Kier alpha value is -3.58. The number of aryl methyl sites for hydroxylation is 2. The molecule has 37 heavy (non-hydrogen) atoms. The molecule has 1 atom stereocenters. The normalized spacial score (nSPS) is 23.5. The third kappa shape index (κ3) is 3.75. The molecule has 0 saturated heterocycles. The summed E-state index contributed by atoms with van der Waals surface area (Å²) in [5.74, 6) is 0.942. The second kappa shape index (κ2) is 8.48. The topological polar surface area (TPSA) is 33.6 Å². The molecule has 186 valence electrons. The standard InChI is InChI=1S/C33H33N3O/c1-33(2)20-26(30(34-3)32-35-28-10-4-5-11-29(28)37-32)19-25-16-21(12-13-27(25)33)24-17-22-8-6-14-36-15-7-9-23(18-24)31(22)36/h4-5,10-11,16-19,27H,6-9,12-15,20H2,1-2H3. The predicted molar refractivity (Wildman–Crippen MR) is 150 cm³/mol. The largest absolute Gasteiger partial charge is 0.447 e. The van der Waals surface area contributed by atoms with E-state index in [4.69, 9.17) is 11.0 Å². The van der Waals surface area contributed by atoms with E-state index < -0.39 is 0 Å². The van der Waals surface area contributed by atoms with Gasteiger partial charge in [-0.25, -0.2) is 9.83 Å². The van der Waals surface area contributed by atoms with Crippen LogP contribution in [0.1, 0.15) is 68.5 Å². The second-order valence-corrected chi connectivity index (χ2v) is 11.9. The molecule has 0 saturated carbocycles. The summed E-state index contributed by atoms with van der Waals surface area (Å²) in [5.41, 5.74) is 12.1. The van der Waals surface area contributed by atoms with E-state index in [0.29, 0.717) is 17.5 Å². The van der Waals surface area contributed by atoms with E-state index in [-0.39, 0.29) is 5.41 Å². The zero-order valence-electron chi connectivity index (χ0n) is 21.8. The molecule has 0 fully saturated rings. The van der Waals surface area contributed by atoms with Crippen molar-refractivity contribution in [3.8, 4) is 0 Å². The van der Waals surface area contributed by atoms with Crippen LogP contribution in [-0.4, -0.2) is 18.1 Å². The Morgan fingerprint density at radius 1 is 1.05 bits per heavy atom. The molecule has 3 aromatic rings. The van der Waals surface area contributed by atoms with E-state index in [9.17, 15) is 0 Å². The van der Waals surface area contributed by atoms with Crippen molar-refractivity contribution in [1.29, 1.82) is 0 Å². The van der Waals surface area contributed by atoms with E-state index in [1.165, 1.54) is 55.5 Å². The molecule has 0 amide bonds. The maximum Gasteiger partial charge on any atom is 0.250 e. The first-order chi connectivity index (χ1) is 18.0. The Kier molecular flexibility index (Phi) is 5.18. The number of rotatable bonds is 2. The number of benzene rings is 2. The summed E-state index contributed by atoms with van der Waals surface area (Å²) in [4.78, 5) is 11.2. The van der Waals surface area contributed by atoms with Gasteiger partial charge in [-0.2, -0.15) is 0 Å². The van der Waals surface area contributed by atoms with E-state index in [1.54, 1.807) is 16.8 Å². The molecular weight excluding hydrogens is 454 g/mol. The number of fused-ring (bicyclic) bond motifs is 2. The molecule has 2 aliphatic carbocycles. The molecule has 7 rings (SSSR count). The molecule has 0 bridgehead atoms. The lowest BCUT2D eigenvalue weighted by Gasteiger charge is -2.42. The van der Waals surface area contributed by atoms with Crippen molar-refractivity contribution < 1.29 is 4.42 Å². The maximum absolute atomic E-state index is 8.02. The van der Waals surface area contributed by atoms with Crippen molar-refractivity contribution >= 4 is 28.1 Å². The van der Waals surface area contributed by atoms with Crippen molar-refractivity contribution in [2.45, 2.75) is 58.8 Å². The van der Waals surface area contributed by atoms with Gasteiger partial charge in [0.25, 0.3) is 5.70 Å². The van der Waals surface area contributed by atoms with Crippen LogP contribution < -0.4 is 4.90 Å². The minimum Gasteiger partial charge on any atom is -0.447 e. The van der Waals surface area contributed by atoms with Crippen LogP contribution in [0.3, 0.4) is 0 Å². The van der Waals surface area contributed by atoms with Crippen LogP contribution in [0.2, 0.25) is 0 Å². The van der Waals surface area contributed by atoms with Crippen LogP contribution in [0.4, 0.5) is 5.69 Å². The fraction of sp³-hybridized carbons (Fsp3) is 0.394. The fourth-order valence-corrected chi connectivity index (χ4v) is 7.29. The first-order valence-electron chi connectivity index (χ1n) is 13.8. The highest BCUT2D eigenvalue weighted by atomic mass is 16.3. The lowest BCUT2D eigenvalue weighted by atomic mass is 9.62. The van der Waals surface area contributed by atoms with E-state index in [2.05, 4.69) is 52.9 Å². The molecular formula is C33H33N3O. The minimum absolute atomic E-state index is 0.0751. The van der Waals surface area contributed by atoms with Crippen molar-refractivity contribution in [3.05, 3.63) is 93.7 Å². The molecule has 4 nitrogen and oxygen atoms in total. The number of allylic oxidation sites excluding steroid dienone is 5. The molecule has 4 heteroatoms. The van der Waals surface area contributed by atoms with Crippen LogP contribution >= 0.6 is 0 Å². The lowest BCUT2D eigenvalue weighted by Crippen LogP contribution is -2.34. The number of nitrogens with zero attached hydrogens (tertiary/aromatic N) is 3. The molecule has 0 radical (unpaired) electrons. The molecule has 3 heterocycles. The molecule has 2 aromatic carbocycles. The van der Waals surface area contributed by atoms with Crippen molar-refractivity contribution in [2.24, 2.45) is 11.3 Å². The molecule has 4 aliphatic rings. The number of para-hydroxylation sites is 2. The Bertz CT molecular complexity index is 1490. The number of hydrogen-bond acceptors (Lipinski definition) is 3. The molecule has 1 unspecified atom stereocenters. The Balaban J connectivity index is 1.32. The van der Waals surface area contributed by atoms with Crippen LogP contribution in [-0.2, 0) is 12.8 Å². The van der Waals surface area contributed by atoms with E-state index in [1.807, 2.05) is 24.3 Å². The smallest absolute Gasteiger partial charge is 0.250 e. The van der Waals surface area contributed by atoms with Gasteiger partial charge in [-0.05, 0) is 114 Å². The minimum atomic E-state index is 0.0751. The third-order valence-electron chi connectivity index (χ3n) is 8.99. The van der Waals surface area contributed by atoms with Gasteiger partial charge in [-0.1, -0.05) is 38.1 Å². The average molecular weight is 488 g/mol. The quantitative estimate of drug-likeness (QED) is 0.343. The van der Waals surface area contributed by atoms with Gasteiger partial charge < -0.3 is 9.32 Å². The number of aromatic nitrogens is 1. The fourth-order valence-electron chi connectivity index (χ4n) is 7.29. The molecule has 1 aromatic heterocycles. The zero-order valence-corrected chi connectivity index (χ0v) is 21.8. The van der Waals surface area contributed by atoms with Gasteiger partial charge in [-0.15, -0.1) is 0 Å². The van der Waals surface area contributed by atoms with Gasteiger partial charge in [0.1, 0.15) is 5.52 Å². The van der Waals surface area contributed by atoms with Gasteiger partial charge in [0.05, 0.1) is 6.57 Å². The Morgan fingerprint density at radius 3 is 2.54 bits per heavy atom. The van der Waals surface area contributed by atoms with Crippen molar-refractivity contribution in [3.63, 3.8) is 0 Å². The van der Waals surface area contributed by atoms with E-state index in [0.717, 1.165) is 35.9 Å². The van der Waals surface area contributed by atoms with Gasteiger partial charge in [-0.3, -0.25) is 0 Å². The van der Waals surface area contributed by atoms with Gasteiger partial charge >= 0.3 is 0 Å². The highest BCUT2D eigenvalue weighted by molar-refractivity contribution is 5.80. The first kappa shape index (κ1) is 22.6. The summed E-state index contributed by atoms with van der Waals surface area (Å²) in [6.45, 7) is 15.2. The average Bonchev–Trinajstić information content (AvgIpc) is 3.32. The first-order valence-corrected chi connectivity index (χ1v) is 13.8. The van der Waals surface area contributed by atoms with Gasteiger partial charge in [0.2, 0.25) is 5.89 Å². The van der Waals surface area contributed by atoms with Crippen LogP contribution in [0.15, 0.2) is 64.1 Å². The van der Waals surface area contributed by atoms with Crippen LogP contribution in [0, 0.1) is 17.9 Å². The monoisotopic (exact) mass is 487 g/mol. The number of hydrogen-bond donors (Lipinski definition) is 0. The number of anilines is 1. The number of oxazole rings is 1. The summed E-state index contributed by atoms with van der Waals surface area (Å²) in [6, 6.07) is 12.7. The summed E-state index contributed by atoms with van der Waals surface area (Å²) < 4.78 is 6.03. The summed E-state index contributed by atoms with van der Waals surface area (Å²) in [5, 5.41) is 0. The summed E-state index contributed by atoms with van der Waals surface area (Å²) in [6.07, 6.45) is 12.8. The van der Waals surface area contributed by atoms with E-state index >= 15 is 0 Å². The third-order valence-corrected chi connectivity index (χ3v) is 8.99. The molecule has 0 N–H and O–H groups in total. The Morgan fingerprint density at radius 2 is 1.81 bits per heavy atom. The zero-order chi connectivity index (χ0) is 25.1. The van der Waals surface area contributed by atoms with Crippen molar-refractivity contribution in [2.75, 3.05) is 18.0 Å². The lowest BCUT2D eigenvalue weighted by molar-refractivity contribution is 0.228. The maximum atomic E-state index is 8.02. The summed E-state index contributed by atoms with van der Waals surface area (Å²) >= 11 is 0. The van der Waals surface area contributed by atoms with Crippen LogP contribution in [0.25, 0.3) is 27.2 Å². The molecule has 0 spiro atoms. The Labute approximate surface area is 219 Å². The highest BCUT2D eigenvalue weighted by Gasteiger charge is 2.39. The van der Waals surface area contributed by atoms with Crippen molar-refractivity contribution in [1.82, 2.24) is 4.98 Å². The highest BCUT2D eigenvalue weighted by Crippen LogP contribution is 2.51. The SMILES string of the molecule is [C-]#[N+]C(=C1C=C2C=C(c3cc4c5c(c3)CCCN5CCC4)CCC2C(C)(C)C1)c1nc2ccccc2o1. The second-order valence-electron chi connectivity index (χ2n) is 11.9. The molecule has 2 aliphatic heterocycles.